The first-order valence-corrected chi connectivity index (χ1v) is 11.7. The van der Waals surface area contributed by atoms with Gasteiger partial charge in [0.05, 0.1) is 36.1 Å². The van der Waals surface area contributed by atoms with Gasteiger partial charge in [0.15, 0.2) is 0 Å². The lowest BCUT2D eigenvalue weighted by atomic mass is 9.70. The van der Waals surface area contributed by atoms with Gasteiger partial charge in [0, 0.05) is 30.0 Å². The highest BCUT2D eigenvalue weighted by atomic mass is 17.1. The minimum atomic E-state index is -0.682. The third kappa shape index (κ3) is 3.62. The molecule has 1 aliphatic heterocycles. The molecule has 2 heterocycles. The van der Waals surface area contributed by atoms with Gasteiger partial charge in [0.2, 0.25) is 5.43 Å². The zero-order chi connectivity index (χ0) is 25.1. The molecule has 4 aromatic rings. The summed E-state index contributed by atoms with van der Waals surface area (Å²) >= 11 is 0. The Bertz CT molecular complexity index is 1550. The van der Waals surface area contributed by atoms with Gasteiger partial charge in [0.1, 0.15) is 11.5 Å². The predicted molar refractivity (Wildman–Crippen MR) is 135 cm³/mol. The van der Waals surface area contributed by atoms with E-state index in [2.05, 4.69) is 4.89 Å². The Hall–Kier alpha value is -3.58. The van der Waals surface area contributed by atoms with E-state index in [0.29, 0.717) is 28.7 Å². The van der Waals surface area contributed by atoms with Gasteiger partial charge in [-0.3, -0.25) is 4.79 Å². The van der Waals surface area contributed by atoms with Crippen molar-refractivity contribution in [3.8, 4) is 11.5 Å². The van der Waals surface area contributed by atoms with Crippen LogP contribution in [-0.2, 0) is 23.2 Å². The van der Waals surface area contributed by atoms with Crippen molar-refractivity contribution in [3.05, 3.63) is 58.3 Å². The highest BCUT2D eigenvalue weighted by Gasteiger charge is 2.42. The van der Waals surface area contributed by atoms with Crippen LogP contribution < -0.4 is 14.9 Å². The van der Waals surface area contributed by atoms with E-state index in [9.17, 15) is 9.59 Å². The van der Waals surface area contributed by atoms with Crippen molar-refractivity contribution in [2.24, 2.45) is 24.3 Å². The number of carbonyl (C=O) groups is 1. The van der Waals surface area contributed by atoms with E-state index in [-0.39, 0.29) is 18.0 Å². The summed E-state index contributed by atoms with van der Waals surface area (Å²) in [6.07, 6.45) is 0.485. The van der Waals surface area contributed by atoms with Crippen LogP contribution in [0.2, 0.25) is 0 Å². The summed E-state index contributed by atoms with van der Waals surface area (Å²) in [5, 5.41) is 12.3. The van der Waals surface area contributed by atoms with Gasteiger partial charge in [-0.1, -0.05) is 45.0 Å². The number of carbonyl (C=O) groups excluding carboxylic acids is 1. The molecule has 0 radical (unpaired) electrons. The van der Waals surface area contributed by atoms with Crippen LogP contribution in [0.3, 0.4) is 0 Å². The first-order chi connectivity index (χ1) is 16.7. The van der Waals surface area contributed by atoms with Gasteiger partial charge in [-0.05, 0) is 34.7 Å². The van der Waals surface area contributed by atoms with Crippen LogP contribution in [0.4, 0.5) is 0 Å². The summed E-state index contributed by atoms with van der Waals surface area (Å²) in [6.45, 7) is 6.09. The van der Waals surface area contributed by atoms with Crippen molar-refractivity contribution < 1.29 is 24.4 Å². The molecule has 1 N–H and O–H groups in total. The highest BCUT2D eigenvalue weighted by Crippen LogP contribution is 2.44. The SMILES string of the molecule is COc1cc2c(c3c1c(=O)c1cc4ccccc4cc1n3C)CC(C(C(=O)OO)C(C)(C)C)CO2. The number of nitrogens with zero attached hydrogens (tertiary/aromatic N) is 1. The number of hydrogen-bond donors (Lipinski definition) is 1. The highest BCUT2D eigenvalue weighted by molar-refractivity contribution is 6.04. The average Bonchev–Trinajstić information content (AvgIpc) is 2.84. The lowest BCUT2D eigenvalue weighted by Crippen LogP contribution is -2.41. The fourth-order valence-electron chi connectivity index (χ4n) is 5.72. The van der Waals surface area contributed by atoms with Crippen molar-refractivity contribution in [2.45, 2.75) is 27.2 Å². The first-order valence-electron chi connectivity index (χ1n) is 11.7. The molecule has 1 aromatic heterocycles. The number of benzene rings is 3. The third-order valence-corrected chi connectivity index (χ3v) is 7.25. The Morgan fingerprint density at radius 2 is 1.86 bits per heavy atom. The summed E-state index contributed by atoms with van der Waals surface area (Å²) in [6, 6.07) is 13.7. The number of fused-ring (bicyclic) bond motifs is 5. The number of methoxy groups -OCH3 is 1. The molecular formula is C28H29NO6. The molecule has 7 nitrogen and oxygen atoms in total. The largest absolute Gasteiger partial charge is 0.496 e. The minimum absolute atomic E-state index is 0.109. The van der Waals surface area contributed by atoms with Gasteiger partial charge < -0.3 is 18.9 Å². The minimum Gasteiger partial charge on any atom is -0.496 e. The second-order valence-corrected chi connectivity index (χ2v) is 10.4. The maximum atomic E-state index is 13.8. The number of ether oxygens (including phenoxy) is 2. The van der Waals surface area contributed by atoms with Crippen molar-refractivity contribution in [2.75, 3.05) is 13.7 Å². The van der Waals surface area contributed by atoms with Crippen LogP contribution in [0.5, 0.6) is 11.5 Å². The number of aromatic nitrogens is 1. The Morgan fingerprint density at radius 1 is 1.17 bits per heavy atom. The van der Waals surface area contributed by atoms with Crippen LogP contribution in [0.1, 0.15) is 26.3 Å². The van der Waals surface area contributed by atoms with E-state index in [4.69, 9.17) is 14.7 Å². The van der Waals surface area contributed by atoms with Gasteiger partial charge >= 0.3 is 5.97 Å². The molecule has 3 aromatic carbocycles. The average molecular weight is 476 g/mol. The molecule has 7 heteroatoms. The Morgan fingerprint density at radius 3 is 2.49 bits per heavy atom. The standard InChI is InChI=1S/C28H29NO6/c1-28(2,3)24(27(31)35-32)17-11-19-21(34-14-17)13-22(33-5)23-25(19)29(4)20-12-16-9-7-6-8-15(16)10-18(20)26(23)30/h6-10,12-13,17,24,32H,11,14H2,1-5H3. The monoisotopic (exact) mass is 475 g/mol. The molecule has 0 spiro atoms. The second-order valence-electron chi connectivity index (χ2n) is 10.4. The van der Waals surface area contributed by atoms with Crippen LogP contribution >= 0.6 is 0 Å². The van der Waals surface area contributed by atoms with Gasteiger partial charge in [-0.25, -0.2) is 4.79 Å². The number of aryl methyl sites for hydroxylation is 1. The summed E-state index contributed by atoms with van der Waals surface area (Å²) < 4.78 is 13.8. The van der Waals surface area contributed by atoms with Gasteiger partial charge in [0.25, 0.3) is 0 Å². The molecule has 2 atom stereocenters. The van der Waals surface area contributed by atoms with Crippen LogP contribution in [0.15, 0.2) is 47.3 Å². The molecule has 1 aliphatic rings. The summed E-state index contributed by atoms with van der Waals surface area (Å²) in [4.78, 5) is 30.6. The lowest BCUT2D eigenvalue weighted by molar-refractivity contribution is -0.244. The smallest absolute Gasteiger partial charge is 0.346 e. The maximum absolute atomic E-state index is 13.8. The molecule has 0 aliphatic carbocycles. The van der Waals surface area contributed by atoms with Gasteiger partial charge in [-0.2, -0.15) is 5.26 Å². The van der Waals surface area contributed by atoms with Gasteiger partial charge in [-0.15, -0.1) is 0 Å². The molecule has 0 fully saturated rings. The summed E-state index contributed by atoms with van der Waals surface area (Å²) in [7, 11) is 3.48. The maximum Gasteiger partial charge on any atom is 0.346 e. The number of rotatable bonds is 3. The van der Waals surface area contributed by atoms with Crippen molar-refractivity contribution in [1.29, 1.82) is 0 Å². The molecule has 2 unspecified atom stereocenters. The summed E-state index contributed by atoms with van der Waals surface area (Å²) in [5.74, 6) is -0.445. The van der Waals surface area contributed by atoms with E-state index in [1.165, 1.54) is 0 Å². The lowest BCUT2D eigenvalue weighted by Gasteiger charge is -2.37. The zero-order valence-electron chi connectivity index (χ0n) is 20.5. The molecule has 0 saturated carbocycles. The van der Waals surface area contributed by atoms with Crippen molar-refractivity contribution >= 4 is 38.5 Å². The van der Waals surface area contributed by atoms with Crippen LogP contribution in [0, 0.1) is 17.3 Å². The van der Waals surface area contributed by atoms with Crippen LogP contribution in [-0.4, -0.2) is 29.5 Å². The first kappa shape index (κ1) is 23.2. The molecule has 0 amide bonds. The number of pyridine rings is 1. The molecule has 0 saturated heterocycles. The summed E-state index contributed by atoms with van der Waals surface area (Å²) in [5.41, 5.74) is 1.79. The Kier molecular flexibility index (Phi) is 5.48. The van der Waals surface area contributed by atoms with Crippen molar-refractivity contribution in [3.63, 3.8) is 0 Å². The molecule has 5 rings (SSSR count). The van der Waals surface area contributed by atoms with Crippen molar-refractivity contribution in [1.82, 2.24) is 4.57 Å². The molecule has 35 heavy (non-hydrogen) atoms. The molecular weight excluding hydrogens is 446 g/mol. The third-order valence-electron chi connectivity index (χ3n) is 7.25. The van der Waals surface area contributed by atoms with Crippen LogP contribution in [0.25, 0.3) is 32.6 Å². The fourth-order valence-corrected chi connectivity index (χ4v) is 5.72. The normalized spacial score (nSPS) is 16.7. The van der Waals surface area contributed by atoms with E-state index < -0.39 is 17.3 Å². The topological polar surface area (TPSA) is 87.0 Å². The van der Waals surface area contributed by atoms with E-state index in [1.54, 1.807) is 13.2 Å². The zero-order valence-corrected chi connectivity index (χ0v) is 20.5. The Balaban J connectivity index is 1.81. The fraction of sp³-hybridized carbons (Fsp3) is 0.357. The quantitative estimate of drug-likeness (QED) is 0.253. The molecule has 0 bridgehead atoms. The number of hydrogen-bond acceptors (Lipinski definition) is 6. The molecule has 182 valence electrons. The predicted octanol–water partition coefficient (Wildman–Crippen LogP) is 5.08. The van der Waals surface area contributed by atoms with E-state index in [0.717, 1.165) is 27.4 Å². The second kappa shape index (κ2) is 8.27. The Labute approximate surface area is 202 Å². The van der Waals surface area contributed by atoms with E-state index in [1.807, 2.05) is 68.8 Å². The van der Waals surface area contributed by atoms with E-state index >= 15 is 0 Å².